The molecule has 0 saturated carbocycles. The predicted octanol–water partition coefficient (Wildman–Crippen LogP) is 2.00. The molecule has 1 aliphatic heterocycles. The molecule has 0 amide bonds. The van der Waals surface area contributed by atoms with E-state index in [4.69, 9.17) is 0 Å². The molecule has 0 spiro atoms. The fourth-order valence-corrected chi connectivity index (χ4v) is 2.87. The first kappa shape index (κ1) is 15.2. The molecule has 0 bridgehead atoms. The molecule has 1 aromatic carbocycles. The van der Waals surface area contributed by atoms with Crippen LogP contribution < -0.4 is 4.90 Å². The first-order valence-corrected chi connectivity index (χ1v) is 7.53. The van der Waals surface area contributed by atoms with Crippen LogP contribution in [-0.2, 0) is 0 Å². The van der Waals surface area contributed by atoms with Crippen molar-refractivity contribution in [2.24, 2.45) is 5.92 Å². The summed E-state index contributed by atoms with van der Waals surface area (Å²) in [7, 11) is 0. The summed E-state index contributed by atoms with van der Waals surface area (Å²) in [5.74, 6) is 0.472. The number of anilines is 1. The molecule has 0 unspecified atom stereocenters. The van der Waals surface area contributed by atoms with Crippen molar-refractivity contribution in [2.75, 3.05) is 18.0 Å². The van der Waals surface area contributed by atoms with Gasteiger partial charge in [0.2, 0.25) is 0 Å². The average molecular weight is 307 g/mol. The maximum absolute atomic E-state index is 12.9. The Labute approximate surface area is 134 Å². The third-order valence-corrected chi connectivity index (χ3v) is 4.20. The third kappa shape index (κ3) is 2.81. The van der Waals surface area contributed by atoms with E-state index in [1.165, 1.54) is 0 Å². The highest BCUT2D eigenvalue weighted by atomic mass is 16.3. The molecule has 1 N–H and O–H groups in total. The Morgan fingerprint density at radius 1 is 1.26 bits per heavy atom. The molecule has 0 aliphatic carbocycles. The summed E-state index contributed by atoms with van der Waals surface area (Å²) in [5.41, 5.74) is 1.18. The van der Waals surface area contributed by atoms with Gasteiger partial charge in [-0.15, -0.1) is 0 Å². The smallest absolute Gasteiger partial charge is 0.198 e. The number of aliphatic hydroxyl groups is 1. The number of nitrogens with zero attached hydrogens (tertiary/aromatic N) is 3. The first-order chi connectivity index (χ1) is 11.1. The summed E-state index contributed by atoms with van der Waals surface area (Å²) < 4.78 is 0. The molecule has 1 saturated heterocycles. The van der Waals surface area contributed by atoms with Crippen molar-refractivity contribution in [1.29, 1.82) is 5.26 Å². The molecule has 2 aromatic rings. The largest absolute Gasteiger partial charge is 0.391 e. The van der Waals surface area contributed by atoms with Crippen LogP contribution in [0.3, 0.4) is 0 Å². The number of hydrogen-bond acceptors (Lipinski definition) is 5. The first-order valence-electron chi connectivity index (χ1n) is 7.53. The van der Waals surface area contributed by atoms with Crippen LogP contribution in [0.5, 0.6) is 0 Å². The van der Waals surface area contributed by atoms with Gasteiger partial charge in [0, 0.05) is 30.8 Å². The molecule has 116 valence electrons. The van der Waals surface area contributed by atoms with Gasteiger partial charge in [-0.05, 0) is 24.3 Å². The Kier molecular flexibility index (Phi) is 4.09. The van der Waals surface area contributed by atoms with E-state index < -0.39 is 6.10 Å². The van der Waals surface area contributed by atoms with Crippen LogP contribution in [0, 0.1) is 17.2 Å². The summed E-state index contributed by atoms with van der Waals surface area (Å²) in [4.78, 5) is 19.2. The van der Waals surface area contributed by atoms with Crippen molar-refractivity contribution in [3.05, 3.63) is 59.3 Å². The van der Waals surface area contributed by atoms with Crippen LogP contribution in [0.25, 0.3) is 0 Å². The topological polar surface area (TPSA) is 77.2 Å². The van der Waals surface area contributed by atoms with Gasteiger partial charge in [-0.25, -0.2) is 4.98 Å². The Balaban J connectivity index is 2.01. The fraction of sp³-hybridized carbons (Fsp3) is 0.278. The van der Waals surface area contributed by atoms with E-state index in [-0.39, 0.29) is 11.7 Å². The molecule has 3 rings (SSSR count). The molecule has 5 nitrogen and oxygen atoms in total. The Bertz CT molecular complexity index is 772. The van der Waals surface area contributed by atoms with E-state index in [1.807, 2.05) is 11.8 Å². The molecule has 0 radical (unpaired) electrons. The van der Waals surface area contributed by atoms with Crippen molar-refractivity contribution in [2.45, 2.75) is 13.0 Å². The number of carbonyl (C=O) groups excluding carboxylic acids is 1. The third-order valence-electron chi connectivity index (χ3n) is 4.20. The van der Waals surface area contributed by atoms with Crippen LogP contribution in [0.1, 0.15) is 28.4 Å². The molecule has 23 heavy (non-hydrogen) atoms. The van der Waals surface area contributed by atoms with Gasteiger partial charge in [0.15, 0.2) is 5.78 Å². The lowest BCUT2D eigenvalue weighted by Crippen LogP contribution is -2.24. The zero-order valence-electron chi connectivity index (χ0n) is 12.8. The molecule has 2 atom stereocenters. The van der Waals surface area contributed by atoms with E-state index in [1.54, 1.807) is 42.6 Å². The average Bonchev–Trinajstić information content (AvgIpc) is 2.93. The number of pyridine rings is 1. The summed E-state index contributed by atoms with van der Waals surface area (Å²) in [6.45, 7) is 3.08. The second-order valence-corrected chi connectivity index (χ2v) is 5.81. The second-order valence-electron chi connectivity index (χ2n) is 5.81. The number of aromatic nitrogens is 1. The maximum atomic E-state index is 12.9. The van der Waals surface area contributed by atoms with Crippen LogP contribution in [0.2, 0.25) is 0 Å². The van der Waals surface area contributed by atoms with Crippen molar-refractivity contribution in [3.8, 4) is 6.07 Å². The highest BCUT2D eigenvalue weighted by Gasteiger charge is 2.31. The van der Waals surface area contributed by atoms with Crippen molar-refractivity contribution in [1.82, 2.24) is 4.98 Å². The van der Waals surface area contributed by atoms with Gasteiger partial charge in [0.25, 0.3) is 0 Å². The number of aliphatic hydroxyl groups excluding tert-OH is 1. The quantitative estimate of drug-likeness (QED) is 0.878. The summed E-state index contributed by atoms with van der Waals surface area (Å²) in [6.07, 6.45) is 1.21. The summed E-state index contributed by atoms with van der Waals surface area (Å²) in [5, 5.41) is 19.2. The van der Waals surface area contributed by atoms with Crippen molar-refractivity contribution in [3.63, 3.8) is 0 Å². The van der Waals surface area contributed by atoms with Crippen LogP contribution in [0.15, 0.2) is 42.6 Å². The number of β-amino-alcohol motifs (C(OH)–C–C–N with tert-alkyl or cyclic N) is 1. The van der Waals surface area contributed by atoms with Crippen LogP contribution in [0.4, 0.5) is 5.82 Å². The zero-order valence-corrected chi connectivity index (χ0v) is 12.8. The van der Waals surface area contributed by atoms with Gasteiger partial charge in [-0.2, -0.15) is 5.26 Å². The minimum atomic E-state index is -0.425. The minimum absolute atomic E-state index is 0.131. The molecule has 1 fully saturated rings. The standard InChI is InChI=1S/C18H17N3O2/c1-12-10-21(11-16(12)22)18-15(7-4-8-20-18)17(23)14-6-3-2-5-13(14)9-19/h2-8,12,16,22H,10-11H2,1H3/t12-,16+/m0/s1. The number of carbonyl (C=O) groups is 1. The SMILES string of the molecule is C[C@H]1CN(c2ncccc2C(=O)c2ccccc2C#N)C[C@H]1O. The molecule has 1 aliphatic rings. The minimum Gasteiger partial charge on any atom is -0.391 e. The number of hydrogen-bond donors (Lipinski definition) is 1. The van der Waals surface area contributed by atoms with E-state index in [0.29, 0.717) is 35.6 Å². The Morgan fingerprint density at radius 3 is 2.70 bits per heavy atom. The molecular weight excluding hydrogens is 290 g/mol. The maximum Gasteiger partial charge on any atom is 0.198 e. The highest BCUT2D eigenvalue weighted by molar-refractivity contribution is 6.13. The van der Waals surface area contributed by atoms with E-state index >= 15 is 0 Å². The number of nitriles is 1. The fourth-order valence-electron chi connectivity index (χ4n) is 2.87. The van der Waals surface area contributed by atoms with Gasteiger partial charge < -0.3 is 10.0 Å². The molecular formula is C18H17N3O2. The lowest BCUT2D eigenvalue weighted by molar-refractivity contribution is 0.103. The number of ketones is 1. The predicted molar refractivity (Wildman–Crippen MR) is 86.2 cm³/mol. The second kappa shape index (κ2) is 6.19. The lowest BCUT2D eigenvalue weighted by atomic mass is 9.99. The van der Waals surface area contributed by atoms with Crippen molar-refractivity contribution < 1.29 is 9.90 Å². The van der Waals surface area contributed by atoms with Crippen LogP contribution in [-0.4, -0.2) is 35.1 Å². The highest BCUT2D eigenvalue weighted by Crippen LogP contribution is 2.27. The number of rotatable bonds is 3. The molecule has 2 heterocycles. The van der Waals surface area contributed by atoms with Gasteiger partial charge in [-0.3, -0.25) is 4.79 Å². The summed E-state index contributed by atoms with van der Waals surface area (Å²) in [6, 6.07) is 12.2. The summed E-state index contributed by atoms with van der Waals surface area (Å²) >= 11 is 0. The Morgan fingerprint density at radius 2 is 2.00 bits per heavy atom. The van der Waals surface area contributed by atoms with Crippen LogP contribution >= 0.6 is 0 Å². The normalized spacial score (nSPS) is 20.3. The number of benzene rings is 1. The van der Waals surface area contributed by atoms with Gasteiger partial charge in [-0.1, -0.05) is 19.1 Å². The van der Waals surface area contributed by atoms with Gasteiger partial charge in [0.05, 0.1) is 23.3 Å². The molecule has 5 heteroatoms. The van der Waals surface area contributed by atoms with Crippen molar-refractivity contribution >= 4 is 11.6 Å². The van der Waals surface area contributed by atoms with E-state index in [2.05, 4.69) is 11.1 Å². The van der Waals surface area contributed by atoms with Gasteiger partial charge >= 0.3 is 0 Å². The van der Waals surface area contributed by atoms with Gasteiger partial charge in [0.1, 0.15) is 5.82 Å². The zero-order chi connectivity index (χ0) is 16.4. The lowest BCUT2D eigenvalue weighted by Gasteiger charge is -2.19. The van der Waals surface area contributed by atoms with E-state index in [9.17, 15) is 15.2 Å². The Hall–Kier alpha value is -2.71. The van der Waals surface area contributed by atoms with E-state index in [0.717, 1.165) is 0 Å². The molecule has 1 aromatic heterocycles. The monoisotopic (exact) mass is 307 g/mol.